The van der Waals surface area contributed by atoms with E-state index >= 15 is 0 Å². The van der Waals surface area contributed by atoms with Gasteiger partial charge in [0.1, 0.15) is 0 Å². The molecule has 28 heavy (non-hydrogen) atoms. The van der Waals surface area contributed by atoms with Crippen LogP contribution in [-0.2, 0) is 22.7 Å². The van der Waals surface area contributed by atoms with Crippen molar-refractivity contribution in [2.45, 2.75) is 64.8 Å². The van der Waals surface area contributed by atoms with Crippen LogP contribution in [0.4, 0.5) is 0 Å². The largest absolute Gasteiger partial charge is 0.394 e. The Morgan fingerprint density at radius 1 is 1.39 bits per heavy atom. The lowest BCUT2D eigenvalue weighted by Gasteiger charge is -2.35. The van der Waals surface area contributed by atoms with E-state index in [1.807, 2.05) is 16.5 Å². The summed E-state index contributed by atoms with van der Waals surface area (Å²) in [5, 5.41) is 17.8. The van der Waals surface area contributed by atoms with Crippen molar-refractivity contribution < 1.29 is 14.6 Å². The molecule has 0 unspecified atom stereocenters. The van der Waals surface area contributed by atoms with Gasteiger partial charge in [-0.2, -0.15) is 0 Å². The molecule has 1 aromatic heterocycles. The Morgan fingerprint density at radius 2 is 2.18 bits per heavy atom. The summed E-state index contributed by atoms with van der Waals surface area (Å²) >= 11 is 0. The van der Waals surface area contributed by atoms with Crippen LogP contribution in [0.25, 0.3) is 0 Å². The Kier molecular flexibility index (Phi) is 7.42. The van der Waals surface area contributed by atoms with E-state index < -0.39 is 0 Å². The van der Waals surface area contributed by atoms with Crippen LogP contribution in [0.15, 0.2) is 6.20 Å². The molecule has 2 heterocycles. The zero-order valence-corrected chi connectivity index (χ0v) is 17.5. The van der Waals surface area contributed by atoms with Gasteiger partial charge in [0.15, 0.2) is 0 Å². The number of ether oxygens (including phenoxy) is 1. The van der Waals surface area contributed by atoms with Crippen molar-refractivity contribution in [1.82, 2.24) is 24.8 Å². The molecule has 3 rings (SSSR count). The number of hydrogen-bond donors (Lipinski definition) is 1. The second kappa shape index (κ2) is 9.80. The number of rotatable bonds is 6. The summed E-state index contributed by atoms with van der Waals surface area (Å²) in [5.74, 6) is 1.06. The molecule has 8 heteroatoms. The van der Waals surface area contributed by atoms with Crippen LogP contribution in [0.2, 0.25) is 0 Å². The minimum atomic E-state index is -0.190. The smallest absolute Gasteiger partial charge is 0.222 e. The van der Waals surface area contributed by atoms with E-state index in [1.165, 1.54) is 12.8 Å². The number of aryl methyl sites for hydroxylation is 1. The van der Waals surface area contributed by atoms with Crippen LogP contribution in [-0.4, -0.2) is 81.2 Å². The number of carbonyl (C=O) groups is 1. The lowest BCUT2D eigenvalue weighted by molar-refractivity contribution is -0.136. The highest BCUT2D eigenvalue weighted by molar-refractivity contribution is 5.76. The van der Waals surface area contributed by atoms with Crippen molar-refractivity contribution in [2.24, 2.45) is 11.8 Å². The molecule has 1 amide bonds. The van der Waals surface area contributed by atoms with Gasteiger partial charge in [0.2, 0.25) is 5.91 Å². The van der Waals surface area contributed by atoms with Gasteiger partial charge in [-0.05, 0) is 39.2 Å². The molecular weight excluding hydrogens is 358 g/mol. The minimum absolute atomic E-state index is 0.00674. The Labute approximate surface area is 167 Å². The van der Waals surface area contributed by atoms with E-state index in [2.05, 4.69) is 29.2 Å². The van der Waals surface area contributed by atoms with Crippen LogP contribution < -0.4 is 0 Å². The Balaban J connectivity index is 1.75. The molecule has 0 bridgehead atoms. The third-order valence-corrected chi connectivity index (χ3v) is 5.90. The van der Waals surface area contributed by atoms with E-state index in [4.69, 9.17) is 4.74 Å². The molecule has 1 N–H and O–H groups in total. The van der Waals surface area contributed by atoms with Crippen molar-refractivity contribution >= 4 is 5.91 Å². The maximum Gasteiger partial charge on any atom is 0.222 e. The van der Waals surface area contributed by atoms with Crippen molar-refractivity contribution in [3.8, 4) is 0 Å². The van der Waals surface area contributed by atoms with Gasteiger partial charge in [0, 0.05) is 38.5 Å². The van der Waals surface area contributed by atoms with E-state index in [-0.39, 0.29) is 30.6 Å². The zero-order valence-electron chi connectivity index (χ0n) is 17.5. The van der Waals surface area contributed by atoms with Gasteiger partial charge in [-0.15, -0.1) is 5.10 Å². The fourth-order valence-electron chi connectivity index (χ4n) is 3.87. The Hall–Kier alpha value is -1.51. The number of hydrogen-bond acceptors (Lipinski definition) is 6. The summed E-state index contributed by atoms with van der Waals surface area (Å²) in [6.45, 7) is 7.66. The number of likely N-dealkylation sites (N-methyl/N-ethyl adjacent to an activating group) is 1. The van der Waals surface area contributed by atoms with Crippen LogP contribution >= 0.6 is 0 Å². The predicted octanol–water partition coefficient (Wildman–Crippen LogP) is 1.14. The number of aliphatic hydroxyl groups excluding tert-OH is 1. The van der Waals surface area contributed by atoms with Gasteiger partial charge < -0.3 is 19.6 Å². The number of amides is 1. The standard InChI is InChI=1S/C20H35N5O3/c1-15-10-24(16(2)13-26)20(27)5-4-8-25-18(9-21-22-25)14-28-19(15)12-23(3)11-17-6-7-17/h9,15-17,19,26H,4-8,10-14H2,1-3H3/t15-,16+,19-/m0/s1. The molecule has 0 saturated heterocycles. The number of nitrogens with zero attached hydrogens (tertiary/aromatic N) is 5. The van der Waals surface area contributed by atoms with E-state index in [9.17, 15) is 9.90 Å². The maximum absolute atomic E-state index is 12.8. The van der Waals surface area contributed by atoms with Gasteiger partial charge in [-0.25, -0.2) is 4.68 Å². The normalized spacial score (nSPS) is 25.9. The van der Waals surface area contributed by atoms with Crippen molar-refractivity contribution in [2.75, 3.05) is 33.3 Å². The summed E-state index contributed by atoms with van der Waals surface area (Å²) < 4.78 is 8.18. The first-order chi connectivity index (χ1) is 13.5. The molecule has 0 radical (unpaired) electrons. The van der Waals surface area contributed by atoms with Gasteiger partial charge >= 0.3 is 0 Å². The molecule has 0 spiro atoms. The molecule has 2 aliphatic rings. The molecule has 1 aromatic rings. The first-order valence-corrected chi connectivity index (χ1v) is 10.6. The topological polar surface area (TPSA) is 83.7 Å². The maximum atomic E-state index is 12.8. The molecule has 8 nitrogen and oxygen atoms in total. The lowest BCUT2D eigenvalue weighted by Crippen LogP contribution is -2.47. The highest BCUT2D eigenvalue weighted by Crippen LogP contribution is 2.29. The number of carbonyl (C=O) groups excluding carboxylic acids is 1. The molecular formula is C20H35N5O3. The number of fused-ring (bicyclic) bond motifs is 1. The minimum Gasteiger partial charge on any atom is -0.394 e. The highest BCUT2D eigenvalue weighted by atomic mass is 16.5. The molecule has 1 saturated carbocycles. The van der Waals surface area contributed by atoms with Crippen molar-refractivity contribution in [3.05, 3.63) is 11.9 Å². The quantitative estimate of drug-likeness (QED) is 0.780. The third kappa shape index (κ3) is 5.75. The fourth-order valence-corrected chi connectivity index (χ4v) is 3.87. The van der Waals surface area contributed by atoms with E-state index in [0.717, 1.165) is 24.7 Å². The fraction of sp³-hybridized carbons (Fsp3) is 0.850. The van der Waals surface area contributed by atoms with Crippen LogP contribution in [0.1, 0.15) is 45.2 Å². The average Bonchev–Trinajstić information content (AvgIpc) is 3.37. The van der Waals surface area contributed by atoms with Crippen molar-refractivity contribution in [3.63, 3.8) is 0 Å². The van der Waals surface area contributed by atoms with Gasteiger partial charge in [-0.1, -0.05) is 12.1 Å². The third-order valence-electron chi connectivity index (χ3n) is 5.90. The van der Waals surface area contributed by atoms with Gasteiger partial charge in [0.05, 0.1) is 37.3 Å². The average molecular weight is 394 g/mol. The summed E-state index contributed by atoms with van der Waals surface area (Å²) in [6, 6.07) is -0.190. The SMILES string of the molecule is C[C@H](CO)N1C[C@H](C)[C@H](CN(C)CC2CC2)OCc2cnnn2CCCC1=O. The lowest BCUT2D eigenvalue weighted by atomic mass is 10.0. The summed E-state index contributed by atoms with van der Waals surface area (Å²) in [5.41, 5.74) is 0.954. The zero-order chi connectivity index (χ0) is 20.1. The van der Waals surface area contributed by atoms with E-state index in [0.29, 0.717) is 32.5 Å². The van der Waals surface area contributed by atoms with Crippen LogP contribution in [0.5, 0.6) is 0 Å². The van der Waals surface area contributed by atoms with Crippen molar-refractivity contribution in [1.29, 1.82) is 0 Å². The van der Waals surface area contributed by atoms with Gasteiger partial charge in [-0.3, -0.25) is 4.79 Å². The predicted molar refractivity (Wildman–Crippen MR) is 105 cm³/mol. The van der Waals surface area contributed by atoms with Crippen LogP contribution in [0.3, 0.4) is 0 Å². The summed E-state index contributed by atoms with van der Waals surface area (Å²) in [7, 11) is 2.15. The first-order valence-electron chi connectivity index (χ1n) is 10.6. The second-order valence-corrected chi connectivity index (χ2v) is 8.62. The molecule has 1 fully saturated rings. The van der Waals surface area contributed by atoms with E-state index in [1.54, 1.807) is 6.20 Å². The molecule has 0 aromatic carbocycles. The summed E-state index contributed by atoms with van der Waals surface area (Å²) in [4.78, 5) is 17.0. The van der Waals surface area contributed by atoms with Gasteiger partial charge in [0.25, 0.3) is 0 Å². The molecule has 3 atom stereocenters. The summed E-state index contributed by atoms with van der Waals surface area (Å²) in [6.07, 6.45) is 5.55. The van der Waals surface area contributed by atoms with Crippen LogP contribution in [0, 0.1) is 11.8 Å². The number of aromatic nitrogens is 3. The highest BCUT2D eigenvalue weighted by Gasteiger charge is 2.29. The molecule has 1 aliphatic carbocycles. The monoisotopic (exact) mass is 393 g/mol. The Morgan fingerprint density at radius 3 is 2.89 bits per heavy atom. The molecule has 1 aliphatic heterocycles. The molecule has 158 valence electrons. The second-order valence-electron chi connectivity index (χ2n) is 8.62. The first kappa shape index (κ1) is 21.2. The number of aliphatic hydroxyl groups is 1. The Bertz CT molecular complexity index is 633.